The Morgan fingerprint density at radius 1 is 1.04 bits per heavy atom. The molecule has 0 bridgehead atoms. The number of rotatable bonds is 5. The van der Waals surface area contributed by atoms with Gasteiger partial charge >= 0.3 is 0 Å². The normalized spacial score (nSPS) is 17.6. The number of imide groups is 1. The number of sulfonamides is 1. The molecule has 2 aromatic carbocycles. The van der Waals surface area contributed by atoms with Gasteiger partial charge in [0.05, 0.1) is 11.3 Å². The van der Waals surface area contributed by atoms with E-state index < -0.39 is 40.2 Å². The SMILES string of the molecule is O=C1CC(O)C(=O)N1NS(=O)(=O)c1ccc(Oc2ccc(F)cc2)cc1. The predicted octanol–water partition coefficient (Wildman–Crippen LogP) is 0.931. The number of hydrazine groups is 1. The predicted molar refractivity (Wildman–Crippen MR) is 85.7 cm³/mol. The number of aliphatic hydroxyl groups excluding tert-OH is 1. The molecule has 8 nitrogen and oxygen atoms in total. The first-order valence-electron chi connectivity index (χ1n) is 7.37. The molecule has 10 heteroatoms. The number of nitrogens with zero attached hydrogens (tertiary/aromatic N) is 1. The maximum atomic E-state index is 12.9. The molecule has 1 fully saturated rings. The minimum atomic E-state index is -4.21. The van der Waals surface area contributed by atoms with Crippen LogP contribution in [-0.2, 0) is 19.6 Å². The van der Waals surface area contributed by atoms with Gasteiger partial charge in [-0.25, -0.2) is 12.8 Å². The molecule has 0 aliphatic carbocycles. The summed E-state index contributed by atoms with van der Waals surface area (Å²) in [7, 11) is -4.21. The first kappa shape index (κ1) is 18.0. The highest BCUT2D eigenvalue weighted by atomic mass is 32.2. The van der Waals surface area contributed by atoms with Crippen LogP contribution >= 0.6 is 0 Å². The summed E-state index contributed by atoms with van der Waals surface area (Å²) < 4.78 is 42.9. The highest BCUT2D eigenvalue weighted by molar-refractivity contribution is 7.89. The smallest absolute Gasteiger partial charge is 0.274 e. The summed E-state index contributed by atoms with van der Waals surface area (Å²) in [4.78, 5) is 24.8. The second-order valence-electron chi connectivity index (χ2n) is 5.41. The molecule has 1 unspecified atom stereocenters. The van der Waals surface area contributed by atoms with E-state index in [1.165, 1.54) is 48.5 Å². The number of amides is 2. The van der Waals surface area contributed by atoms with E-state index in [0.717, 1.165) is 0 Å². The molecule has 0 saturated carbocycles. The number of aliphatic hydroxyl groups is 1. The molecule has 2 amide bonds. The van der Waals surface area contributed by atoms with Crippen LogP contribution in [-0.4, -0.2) is 36.5 Å². The van der Waals surface area contributed by atoms with Crippen molar-refractivity contribution in [1.29, 1.82) is 0 Å². The Labute approximate surface area is 147 Å². The Kier molecular flexibility index (Phi) is 4.72. The lowest BCUT2D eigenvalue weighted by Crippen LogP contribution is -2.46. The van der Waals surface area contributed by atoms with Gasteiger partial charge in [-0.15, -0.1) is 4.83 Å². The topological polar surface area (TPSA) is 113 Å². The average Bonchev–Trinajstić information content (AvgIpc) is 2.83. The molecule has 1 aliphatic heterocycles. The summed E-state index contributed by atoms with van der Waals surface area (Å²) in [6.07, 6.45) is -2.04. The largest absolute Gasteiger partial charge is 0.457 e. The Morgan fingerprint density at radius 2 is 1.58 bits per heavy atom. The van der Waals surface area contributed by atoms with E-state index in [1.807, 2.05) is 4.83 Å². The van der Waals surface area contributed by atoms with E-state index >= 15 is 0 Å². The number of benzene rings is 2. The zero-order valence-corrected chi connectivity index (χ0v) is 13.9. The first-order valence-corrected chi connectivity index (χ1v) is 8.85. The minimum absolute atomic E-state index is 0.217. The molecule has 2 aromatic rings. The quantitative estimate of drug-likeness (QED) is 0.746. The summed E-state index contributed by atoms with van der Waals surface area (Å²) in [5.41, 5.74) is 0. The zero-order valence-electron chi connectivity index (χ0n) is 13.1. The number of halogens is 1. The van der Waals surface area contributed by atoms with Crippen LogP contribution in [0.25, 0.3) is 0 Å². The summed E-state index contributed by atoms with van der Waals surface area (Å²) in [5.74, 6) is -1.63. The van der Waals surface area contributed by atoms with Crippen LogP contribution in [0.3, 0.4) is 0 Å². The maximum Gasteiger partial charge on any atom is 0.274 e. The van der Waals surface area contributed by atoms with Crippen LogP contribution in [0.1, 0.15) is 6.42 Å². The Bertz CT molecular complexity index is 944. The molecule has 2 N–H and O–H groups in total. The van der Waals surface area contributed by atoms with Gasteiger partial charge in [0.15, 0.2) is 0 Å². The summed E-state index contributed by atoms with van der Waals surface area (Å²) in [6.45, 7) is 0. The lowest BCUT2D eigenvalue weighted by molar-refractivity contribution is -0.142. The van der Waals surface area contributed by atoms with Crippen molar-refractivity contribution in [3.63, 3.8) is 0 Å². The van der Waals surface area contributed by atoms with E-state index in [-0.39, 0.29) is 9.90 Å². The number of nitrogens with one attached hydrogen (secondary N) is 1. The minimum Gasteiger partial charge on any atom is -0.457 e. The number of ether oxygens (including phenoxy) is 1. The number of hydrogen-bond donors (Lipinski definition) is 2. The van der Waals surface area contributed by atoms with Gasteiger partial charge in [-0.3, -0.25) is 9.59 Å². The first-order chi connectivity index (χ1) is 12.3. The molecule has 0 spiro atoms. The molecule has 1 saturated heterocycles. The number of hydrogen-bond acceptors (Lipinski definition) is 6. The third kappa shape index (κ3) is 3.72. The zero-order chi connectivity index (χ0) is 18.9. The van der Waals surface area contributed by atoms with Crippen LogP contribution in [0, 0.1) is 5.82 Å². The molecule has 136 valence electrons. The van der Waals surface area contributed by atoms with Crippen LogP contribution in [0.15, 0.2) is 53.4 Å². The van der Waals surface area contributed by atoms with Crippen molar-refractivity contribution < 1.29 is 32.2 Å². The molecule has 0 aromatic heterocycles. The molecule has 26 heavy (non-hydrogen) atoms. The maximum absolute atomic E-state index is 12.9. The molecule has 3 rings (SSSR count). The fraction of sp³-hybridized carbons (Fsp3) is 0.125. The second-order valence-corrected chi connectivity index (χ2v) is 7.07. The Balaban J connectivity index is 1.73. The van der Waals surface area contributed by atoms with E-state index in [4.69, 9.17) is 4.74 Å². The Morgan fingerprint density at radius 3 is 2.08 bits per heavy atom. The van der Waals surface area contributed by atoms with Crippen LogP contribution < -0.4 is 9.57 Å². The lowest BCUT2D eigenvalue weighted by atomic mass is 10.3. The summed E-state index contributed by atoms with van der Waals surface area (Å²) >= 11 is 0. The fourth-order valence-corrected chi connectivity index (χ4v) is 3.24. The molecule has 0 radical (unpaired) electrons. The van der Waals surface area contributed by atoms with Crippen LogP contribution in [0.5, 0.6) is 11.5 Å². The fourth-order valence-electron chi connectivity index (χ4n) is 2.21. The lowest BCUT2D eigenvalue weighted by Gasteiger charge is -2.15. The van der Waals surface area contributed by atoms with Gasteiger partial charge in [0.1, 0.15) is 23.4 Å². The molecule has 1 aliphatic rings. The van der Waals surface area contributed by atoms with Gasteiger partial charge in [0.25, 0.3) is 15.9 Å². The Hall–Kier alpha value is -2.82. The highest BCUT2D eigenvalue weighted by Crippen LogP contribution is 2.23. The summed E-state index contributed by atoms with van der Waals surface area (Å²) in [6, 6.07) is 10.4. The molecular formula is C16H13FN2O6S. The van der Waals surface area contributed by atoms with Crippen molar-refractivity contribution in [3.05, 3.63) is 54.3 Å². The standard InChI is InChI=1S/C16H13FN2O6S/c17-10-1-3-11(4-2-10)25-12-5-7-13(8-6-12)26(23,24)18-19-15(21)9-14(20)16(19)22/h1-8,14,18,20H,9H2. The second kappa shape index (κ2) is 6.83. The van der Waals surface area contributed by atoms with Gasteiger partial charge in [-0.05, 0) is 48.5 Å². The van der Waals surface area contributed by atoms with Gasteiger partial charge in [0, 0.05) is 0 Å². The molecule has 1 atom stereocenters. The van der Waals surface area contributed by atoms with Crippen molar-refractivity contribution in [3.8, 4) is 11.5 Å². The van der Waals surface area contributed by atoms with Crippen molar-refractivity contribution in [2.45, 2.75) is 17.4 Å². The van der Waals surface area contributed by atoms with Crippen molar-refractivity contribution in [2.24, 2.45) is 0 Å². The van der Waals surface area contributed by atoms with Gasteiger partial charge in [-0.2, -0.15) is 5.01 Å². The van der Waals surface area contributed by atoms with Crippen LogP contribution in [0.2, 0.25) is 0 Å². The third-order valence-electron chi connectivity index (χ3n) is 3.52. The van der Waals surface area contributed by atoms with Crippen molar-refractivity contribution >= 4 is 21.8 Å². The molecule has 1 heterocycles. The number of carbonyl (C=O) groups is 2. The average molecular weight is 380 g/mol. The van der Waals surface area contributed by atoms with Crippen molar-refractivity contribution in [1.82, 2.24) is 9.84 Å². The third-order valence-corrected chi connectivity index (χ3v) is 4.83. The highest BCUT2D eigenvalue weighted by Gasteiger charge is 2.40. The van der Waals surface area contributed by atoms with E-state index in [1.54, 1.807) is 0 Å². The van der Waals surface area contributed by atoms with Crippen LogP contribution in [0.4, 0.5) is 4.39 Å². The van der Waals surface area contributed by atoms with Gasteiger partial charge in [0.2, 0.25) is 5.91 Å². The van der Waals surface area contributed by atoms with E-state index in [2.05, 4.69) is 0 Å². The van der Waals surface area contributed by atoms with Crippen molar-refractivity contribution in [2.75, 3.05) is 0 Å². The van der Waals surface area contributed by atoms with Gasteiger partial charge in [-0.1, -0.05) is 0 Å². The molecular weight excluding hydrogens is 367 g/mol. The summed E-state index contributed by atoms with van der Waals surface area (Å²) in [5, 5.41) is 9.59. The van der Waals surface area contributed by atoms with Gasteiger partial charge < -0.3 is 9.84 Å². The van der Waals surface area contributed by atoms with E-state index in [0.29, 0.717) is 11.5 Å². The van der Waals surface area contributed by atoms with E-state index in [9.17, 15) is 27.5 Å². The number of carbonyl (C=O) groups excluding carboxylic acids is 2. The monoisotopic (exact) mass is 380 g/mol.